The minimum absolute atomic E-state index is 0.0399. The summed E-state index contributed by atoms with van der Waals surface area (Å²) in [6, 6.07) is 7.81. The summed E-state index contributed by atoms with van der Waals surface area (Å²) in [5.41, 5.74) is 2.29. The van der Waals surface area contributed by atoms with E-state index in [9.17, 15) is 13.2 Å². The van der Waals surface area contributed by atoms with Gasteiger partial charge in [0.25, 0.3) is 0 Å². The topological polar surface area (TPSA) is 23.5 Å². The minimum atomic E-state index is -4.55. The second-order valence-corrected chi connectivity index (χ2v) is 5.10. The molecule has 1 aromatic rings. The molecule has 0 spiro atoms. The van der Waals surface area contributed by atoms with E-state index in [-0.39, 0.29) is 12.6 Å². The number of halogens is 3. The van der Waals surface area contributed by atoms with E-state index >= 15 is 0 Å². The van der Waals surface area contributed by atoms with Gasteiger partial charge in [0.1, 0.15) is 0 Å². The molecule has 0 radical (unpaired) electrons. The molecule has 2 unspecified atom stereocenters. The van der Waals surface area contributed by atoms with Crippen molar-refractivity contribution >= 4 is 0 Å². The number of benzene rings is 1. The third-order valence-electron chi connectivity index (χ3n) is 3.71. The Morgan fingerprint density at radius 1 is 1.37 bits per heavy atom. The van der Waals surface area contributed by atoms with Crippen LogP contribution in [0.2, 0.25) is 0 Å². The van der Waals surface area contributed by atoms with Gasteiger partial charge in [0, 0.05) is 12.6 Å². The summed E-state index contributed by atoms with van der Waals surface area (Å²) in [5, 5.41) is 9.17. The number of fused-ring (bicyclic) bond motifs is 1. The molecule has 5 heteroatoms. The number of hydrogen-bond acceptors (Lipinski definition) is 2. The van der Waals surface area contributed by atoms with E-state index in [1.165, 1.54) is 5.56 Å². The maximum absolute atomic E-state index is 12.4. The first kappa shape index (κ1) is 14.3. The van der Waals surface area contributed by atoms with Crippen molar-refractivity contribution in [2.45, 2.75) is 37.6 Å². The summed E-state index contributed by atoms with van der Waals surface area (Å²) in [6.07, 6.45) is -4.07. The number of alkyl halides is 3. The normalized spacial score (nSPS) is 21.3. The van der Waals surface area contributed by atoms with Gasteiger partial charge in [0.15, 0.2) is 6.10 Å². The molecule has 0 bridgehead atoms. The smallest absolute Gasteiger partial charge is 0.382 e. The highest BCUT2D eigenvalue weighted by molar-refractivity contribution is 5.32. The second kappa shape index (κ2) is 5.51. The first-order chi connectivity index (χ1) is 8.89. The molecule has 106 valence electrons. The van der Waals surface area contributed by atoms with E-state index in [0.29, 0.717) is 0 Å². The molecule has 0 amide bonds. The molecular formula is C14H18F3NO. The van der Waals surface area contributed by atoms with E-state index in [1.54, 1.807) is 11.9 Å². The lowest BCUT2D eigenvalue weighted by atomic mass is 9.87. The number of aliphatic hydroxyl groups is 1. The Morgan fingerprint density at radius 3 is 2.74 bits per heavy atom. The first-order valence-corrected chi connectivity index (χ1v) is 6.42. The molecule has 0 aromatic heterocycles. The molecule has 19 heavy (non-hydrogen) atoms. The summed E-state index contributed by atoms with van der Waals surface area (Å²) < 4.78 is 37.2. The summed E-state index contributed by atoms with van der Waals surface area (Å²) in [5.74, 6) is 0. The van der Waals surface area contributed by atoms with Crippen LogP contribution in [0.4, 0.5) is 13.2 Å². The number of likely N-dealkylation sites (N-methyl/N-ethyl adjacent to an activating group) is 1. The lowest BCUT2D eigenvalue weighted by Crippen LogP contribution is -2.41. The molecule has 1 aliphatic carbocycles. The predicted octanol–water partition coefficient (Wildman–Crippen LogP) is 2.92. The van der Waals surface area contributed by atoms with Crippen LogP contribution in [0, 0.1) is 0 Å². The lowest BCUT2D eigenvalue weighted by molar-refractivity contribution is -0.208. The quantitative estimate of drug-likeness (QED) is 0.915. The van der Waals surface area contributed by atoms with Crippen LogP contribution in [0.5, 0.6) is 0 Å². The zero-order valence-electron chi connectivity index (χ0n) is 10.8. The van der Waals surface area contributed by atoms with Crippen molar-refractivity contribution in [2.75, 3.05) is 13.6 Å². The third kappa shape index (κ3) is 3.28. The molecular weight excluding hydrogens is 255 g/mol. The molecule has 2 nitrogen and oxygen atoms in total. The van der Waals surface area contributed by atoms with E-state index in [1.807, 2.05) is 24.3 Å². The standard InChI is InChI=1S/C14H18F3NO/c1-18(9-13(19)14(15,16)17)12-8-4-6-10-5-2-3-7-11(10)12/h2-3,5,7,12-13,19H,4,6,8-9H2,1H3. The van der Waals surface area contributed by atoms with E-state index in [4.69, 9.17) is 5.11 Å². The predicted molar refractivity (Wildman–Crippen MR) is 66.8 cm³/mol. The molecule has 0 aliphatic heterocycles. The number of aliphatic hydroxyl groups excluding tert-OH is 1. The largest absolute Gasteiger partial charge is 0.415 e. The zero-order chi connectivity index (χ0) is 14.0. The van der Waals surface area contributed by atoms with Crippen LogP contribution in [0.1, 0.15) is 30.0 Å². The minimum Gasteiger partial charge on any atom is -0.382 e. The number of aryl methyl sites for hydroxylation is 1. The van der Waals surface area contributed by atoms with Crippen LogP contribution in [0.15, 0.2) is 24.3 Å². The van der Waals surface area contributed by atoms with Gasteiger partial charge in [-0.2, -0.15) is 13.2 Å². The Bertz CT molecular complexity index is 433. The van der Waals surface area contributed by atoms with Gasteiger partial charge >= 0.3 is 6.18 Å². The van der Waals surface area contributed by atoms with Gasteiger partial charge in [0.2, 0.25) is 0 Å². The van der Waals surface area contributed by atoms with Crippen molar-refractivity contribution in [3.05, 3.63) is 35.4 Å². The van der Waals surface area contributed by atoms with Gasteiger partial charge in [-0.25, -0.2) is 0 Å². The van der Waals surface area contributed by atoms with Gasteiger partial charge in [-0.1, -0.05) is 24.3 Å². The SMILES string of the molecule is CN(CC(O)C(F)(F)F)C1CCCc2ccccc21. The molecule has 1 aromatic carbocycles. The summed E-state index contributed by atoms with van der Waals surface area (Å²) in [7, 11) is 1.64. The Labute approximate surface area is 110 Å². The van der Waals surface area contributed by atoms with Gasteiger partial charge < -0.3 is 5.11 Å². The fourth-order valence-corrected chi connectivity index (χ4v) is 2.69. The Morgan fingerprint density at radius 2 is 2.05 bits per heavy atom. The van der Waals surface area contributed by atoms with Crippen LogP contribution >= 0.6 is 0 Å². The van der Waals surface area contributed by atoms with Crippen LogP contribution in [0.3, 0.4) is 0 Å². The Balaban J connectivity index is 2.11. The first-order valence-electron chi connectivity index (χ1n) is 6.42. The molecule has 2 atom stereocenters. The average Bonchev–Trinajstić information content (AvgIpc) is 2.36. The van der Waals surface area contributed by atoms with Gasteiger partial charge in [-0.05, 0) is 37.4 Å². The van der Waals surface area contributed by atoms with E-state index in [0.717, 1.165) is 24.8 Å². The van der Waals surface area contributed by atoms with Crippen LogP contribution in [-0.4, -0.2) is 35.9 Å². The van der Waals surface area contributed by atoms with Gasteiger partial charge in [0.05, 0.1) is 0 Å². The monoisotopic (exact) mass is 273 g/mol. The molecule has 0 saturated carbocycles. The summed E-state index contributed by atoms with van der Waals surface area (Å²) in [6.45, 7) is -0.386. The molecule has 0 fully saturated rings. The van der Waals surface area contributed by atoms with Crippen molar-refractivity contribution < 1.29 is 18.3 Å². The molecule has 0 saturated heterocycles. The van der Waals surface area contributed by atoms with E-state index in [2.05, 4.69) is 0 Å². The van der Waals surface area contributed by atoms with Crippen molar-refractivity contribution in [3.8, 4) is 0 Å². The maximum Gasteiger partial charge on any atom is 0.415 e. The molecule has 1 N–H and O–H groups in total. The van der Waals surface area contributed by atoms with Gasteiger partial charge in [-0.15, -0.1) is 0 Å². The van der Waals surface area contributed by atoms with Crippen molar-refractivity contribution in [1.82, 2.24) is 4.90 Å². The molecule has 2 rings (SSSR count). The number of hydrogen-bond donors (Lipinski definition) is 1. The lowest BCUT2D eigenvalue weighted by Gasteiger charge is -2.34. The Kier molecular flexibility index (Phi) is 4.16. The number of rotatable bonds is 3. The zero-order valence-corrected chi connectivity index (χ0v) is 10.8. The Hall–Kier alpha value is -1.07. The highest BCUT2D eigenvalue weighted by Crippen LogP contribution is 2.34. The van der Waals surface area contributed by atoms with Crippen LogP contribution < -0.4 is 0 Å². The third-order valence-corrected chi connectivity index (χ3v) is 3.71. The van der Waals surface area contributed by atoms with E-state index < -0.39 is 12.3 Å². The highest BCUT2D eigenvalue weighted by atomic mass is 19.4. The summed E-state index contributed by atoms with van der Waals surface area (Å²) >= 11 is 0. The highest BCUT2D eigenvalue weighted by Gasteiger charge is 2.39. The second-order valence-electron chi connectivity index (χ2n) is 5.10. The van der Waals surface area contributed by atoms with Crippen molar-refractivity contribution in [1.29, 1.82) is 0 Å². The van der Waals surface area contributed by atoms with Gasteiger partial charge in [-0.3, -0.25) is 4.90 Å². The van der Waals surface area contributed by atoms with Crippen LogP contribution in [-0.2, 0) is 6.42 Å². The fourth-order valence-electron chi connectivity index (χ4n) is 2.69. The molecule has 1 aliphatic rings. The fraction of sp³-hybridized carbons (Fsp3) is 0.571. The van der Waals surface area contributed by atoms with Crippen LogP contribution in [0.25, 0.3) is 0 Å². The maximum atomic E-state index is 12.4. The van der Waals surface area contributed by atoms with Crippen molar-refractivity contribution in [3.63, 3.8) is 0 Å². The average molecular weight is 273 g/mol. The summed E-state index contributed by atoms with van der Waals surface area (Å²) in [4.78, 5) is 1.61. The molecule has 0 heterocycles. The van der Waals surface area contributed by atoms with Crippen molar-refractivity contribution in [2.24, 2.45) is 0 Å². The number of nitrogens with zero attached hydrogens (tertiary/aromatic N) is 1.